The molecule has 0 aromatic heterocycles. The Balaban J connectivity index is 0.000000671. The number of carbonyl (C=O) groups excluding carboxylic acids is 1. The maximum atomic E-state index is 12.3. The van der Waals surface area contributed by atoms with Gasteiger partial charge in [-0.15, -0.1) is 0 Å². The molecule has 2 nitrogen and oxygen atoms in total. The Hall–Kier alpha value is -0.700. The second kappa shape index (κ2) is 5.86. The molecular weight excluding hydrogens is 169 g/mol. The van der Waals surface area contributed by atoms with Crippen molar-refractivity contribution in [2.45, 2.75) is 26.9 Å². The first-order valence-electron chi connectivity index (χ1n) is 4.64. The van der Waals surface area contributed by atoms with E-state index >= 15 is 0 Å². The zero-order valence-electron chi connectivity index (χ0n) is 8.64. The van der Waals surface area contributed by atoms with Crippen molar-refractivity contribution in [3.63, 3.8) is 0 Å². The molecule has 1 aliphatic heterocycles. The zero-order valence-corrected chi connectivity index (χ0v) is 8.64. The van der Waals surface area contributed by atoms with Gasteiger partial charge in [-0.25, -0.2) is 4.39 Å². The van der Waals surface area contributed by atoms with Gasteiger partial charge in [-0.2, -0.15) is 0 Å². The summed E-state index contributed by atoms with van der Waals surface area (Å²) in [5, 5.41) is 0. The molecule has 76 valence electrons. The molecule has 1 rings (SSSR count). The van der Waals surface area contributed by atoms with E-state index in [1.54, 1.807) is 0 Å². The van der Waals surface area contributed by atoms with E-state index in [2.05, 4.69) is 6.58 Å². The smallest absolute Gasteiger partial charge is 0.156 e. The Morgan fingerprint density at radius 3 is 2.31 bits per heavy atom. The first kappa shape index (κ1) is 12.3. The molecule has 0 aliphatic carbocycles. The maximum Gasteiger partial charge on any atom is 0.156 e. The SMILES string of the molecule is C=C(CN1CC(F)C1)C(C)=O.CC. The van der Waals surface area contributed by atoms with Crippen molar-refractivity contribution in [3.05, 3.63) is 12.2 Å². The number of halogens is 1. The Labute approximate surface area is 79.4 Å². The molecule has 13 heavy (non-hydrogen) atoms. The third-order valence-electron chi connectivity index (χ3n) is 1.82. The standard InChI is InChI=1S/C8H12FNO.C2H6/c1-6(7(2)11)3-10-4-8(9)5-10;1-2/h8H,1,3-5H2,2H3;1-2H3. The minimum absolute atomic E-state index is 0.00712. The minimum Gasteiger partial charge on any atom is -0.295 e. The predicted molar refractivity (Wildman–Crippen MR) is 52.5 cm³/mol. The monoisotopic (exact) mass is 187 g/mol. The number of rotatable bonds is 3. The van der Waals surface area contributed by atoms with Crippen molar-refractivity contribution in [2.24, 2.45) is 0 Å². The summed E-state index contributed by atoms with van der Waals surface area (Å²) in [6.45, 7) is 10.5. The van der Waals surface area contributed by atoms with Gasteiger partial charge >= 0.3 is 0 Å². The van der Waals surface area contributed by atoms with Gasteiger partial charge in [0.25, 0.3) is 0 Å². The molecule has 1 aliphatic rings. The highest BCUT2D eigenvalue weighted by Crippen LogP contribution is 2.12. The summed E-state index contributed by atoms with van der Waals surface area (Å²) in [6, 6.07) is 0. The predicted octanol–water partition coefficient (Wildman–Crippen LogP) is 1.81. The van der Waals surface area contributed by atoms with Gasteiger partial charge in [0.15, 0.2) is 5.78 Å². The molecule has 0 aromatic carbocycles. The van der Waals surface area contributed by atoms with Gasteiger partial charge in [0.1, 0.15) is 6.17 Å². The molecule has 0 N–H and O–H groups in total. The molecule has 0 aromatic rings. The number of likely N-dealkylation sites (tertiary alicyclic amines) is 1. The first-order chi connectivity index (χ1) is 6.09. The van der Waals surface area contributed by atoms with Crippen LogP contribution in [0.15, 0.2) is 12.2 Å². The van der Waals surface area contributed by atoms with Crippen LogP contribution >= 0.6 is 0 Å². The second-order valence-electron chi connectivity index (χ2n) is 2.95. The van der Waals surface area contributed by atoms with Crippen LogP contribution in [-0.4, -0.2) is 36.5 Å². The van der Waals surface area contributed by atoms with Gasteiger partial charge < -0.3 is 0 Å². The van der Waals surface area contributed by atoms with Crippen LogP contribution in [0, 0.1) is 0 Å². The fourth-order valence-electron chi connectivity index (χ4n) is 1.02. The molecule has 0 spiro atoms. The van der Waals surface area contributed by atoms with Crippen LogP contribution in [-0.2, 0) is 4.79 Å². The maximum absolute atomic E-state index is 12.3. The molecule has 0 saturated carbocycles. The Morgan fingerprint density at radius 1 is 1.54 bits per heavy atom. The number of alkyl halides is 1. The van der Waals surface area contributed by atoms with Crippen LogP contribution in [0.25, 0.3) is 0 Å². The van der Waals surface area contributed by atoms with Crippen molar-refractivity contribution >= 4 is 5.78 Å². The van der Waals surface area contributed by atoms with Gasteiger partial charge in [-0.1, -0.05) is 20.4 Å². The van der Waals surface area contributed by atoms with Crippen LogP contribution in [0.1, 0.15) is 20.8 Å². The molecule has 1 fully saturated rings. The first-order valence-corrected chi connectivity index (χ1v) is 4.64. The highest BCUT2D eigenvalue weighted by Gasteiger charge is 2.26. The normalized spacial score (nSPS) is 16.9. The summed E-state index contributed by atoms with van der Waals surface area (Å²) >= 11 is 0. The molecule has 0 amide bonds. The second-order valence-corrected chi connectivity index (χ2v) is 2.95. The van der Waals surface area contributed by atoms with Crippen LogP contribution < -0.4 is 0 Å². The van der Waals surface area contributed by atoms with E-state index in [1.165, 1.54) is 6.92 Å². The van der Waals surface area contributed by atoms with Gasteiger partial charge in [-0.3, -0.25) is 9.69 Å². The van der Waals surface area contributed by atoms with Gasteiger partial charge in [0.2, 0.25) is 0 Å². The molecule has 3 heteroatoms. The molecule has 1 saturated heterocycles. The van der Waals surface area contributed by atoms with Crippen molar-refractivity contribution in [1.29, 1.82) is 0 Å². The zero-order chi connectivity index (χ0) is 10.4. The van der Waals surface area contributed by atoms with E-state index in [4.69, 9.17) is 0 Å². The number of carbonyl (C=O) groups is 1. The summed E-state index contributed by atoms with van der Waals surface area (Å²) in [5.74, 6) is -0.00712. The van der Waals surface area contributed by atoms with Gasteiger partial charge in [0, 0.05) is 25.2 Å². The summed E-state index contributed by atoms with van der Waals surface area (Å²) in [5.41, 5.74) is 0.567. The van der Waals surface area contributed by atoms with Crippen LogP contribution in [0.5, 0.6) is 0 Å². The number of hydrogen-bond donors (Lipinski definition) is 0. The minimum atomic E-state index is -0.699. The van der Waals surface area contributed by atoms with Gasteiger partial charge in [-0.05, 0) is 6.92 Å². The molecule has 0 bridgehead atoms. The van der Waals surface area contributed by atoms with E-state index in [1.807, 2.05) is 18.7 Å². The van der Waals surface area contributed by atoms with E-state index in [-0.39, 0.29) is 5.78 Å². The topological polar surface area (TPSA) is 20.3 Å². The Morgan fingerprint density at radius 2 is 2.00 bits per heavy atom. The van der Waals surface area contributed by atoms with Crippen LogP contribution in [0.2, 0.25) is 0 Å². The lowest BCUT2D eigenvalue weighted by atomic mass is 10.1. The third kappa shape index (κ3) is 4.18. The van der Waals surface area contributed by atoms with E-state index in [0.717, 1.165) is 0 Å². The molecule has 1 heterocycles. The Bertz CT molecular complexity index is 185. The molecule has 0 atom stereocenters. The molecule has 0 unspecified atom stereocenters. The summed E-state index contributed by atoms with van der Waals surface area (Å²) in [7, 11) is 0. The lowest BCUT2D eigenvalue weighted by Crippen LogP contribution is -2.49. The van der Waals surface area contributed by atoms with Crippen molar-refractivity contribution in [2.75, 3.05) is 19.6 Å². The van der Waals surface area contributed by atoms with E-state index in [9.17, 15) is 9.18 Å². The van der Waals surface area contributed by atoms with Crippen molar-refractivity contribution < 1.29 is 9.18 Å². The summed E-state index contributed by atoms with van der Waals surface area (Å²) in [4.78, 5) is 12.6. The fraction of sp³-hybridized carbons (Fsp3) is 0.700. The number of ketones is 1. The van der Waals surface area contributed by atoms with Gasteiger partial charge in [0.05, 0.1) is 0 Å². The Kier molecular flexibility index (Phi) is 5.55. The summed E-state index contributed by atoms with van der Waals surface area (Å²) in [6.07, 6.45) is -0.699. The molecule has 0 radical (unpaired) electrons. The highest BCUT2D eigenvalue weighted by molar-refractivity contribution is 5.92. The average Bonchev–Trinajstić information content (AvgIpc) is 2.05. The number of nitrogens with zero attached hydrogens (tertiary/aromatic N) is 1. The highest BCUT2D eigenvalue weighted by atomic mass is 19.1. The quantitative estimate of drug-likeness (QED) is 0.628. The average molecular weight is 187 g/mol. The molecular formula is C10H18FNO. The number of Topliss-reactive ketones (excluding diaryl/α,β-unsaturated/α-hetero) is 1. The van der Waals surface area contributed by atoms with Crippen LogP contribution in [0.4, 0.5) is 4.39 Å². The lowest BCUT2D eigenvalue weighted by molar-refractivity contribution is -0.114. The summed E-state index contributed by atoms with van der Waals surface area (Å²) < 4.78 is 12.3. The third-order valence-corrected chi connectivity index (χ3v) is 1.82. The fourth-order valence-corrected chi connectivity index (χ4v) is 1.02. The van der Waals surface area contributed by atoms with E-state index < -0.39 is 6.17 Å². The van der Waals surface area contributed by atoms with Crippen molar-refractivity contribution in [1.82, 2.24) is 4.90 Å². The number of hydrogen-bond acceptors (Lipinski definition) is 2. The van der Waals surface area contributed by atoms with Crippen molar-refractivity contribution in [3.8, 4) is 0 Å². The van der Waals surface area contributed by atoms with E-state index in [0.29, 0.717) is 25.2 Å². The van der Waals surface area contributed by atoms with Crippen LogP contribution in [0.3, 0.4) is 0 Å². The lowest BCUT2D eigenvalue weighted by Gasteiger charge is -2.34. The largest absolute Gasteiger partial charge is 0.295 e.